The van der Waals surface area contributed by atoms with E-state index in [1.165, 1.54) is 80.4 Å². The van der Waals surface area contributed by atoms with Crippen LogP contribution in [0.3, 0.4) is 0 Å². The smallest absolute Gasteiger partial charge is 0.258 e. The molecule has 0 aliphatic heterocycles. The quantitative estimate of drug-likeness (QED) is 0.155. The van der Waals surface area contributed by atoms with E-state index in [0.29, 0.717) is 0 Å². The van der Waals surface area contributed by atoms with Gasteiger partial charge in [-0.1, -0.05) is 95.9 Å². The maximum atomic E-state index is 5.98. The van der Waals surface area contributed by atoms with Crippen LogP contribution in [0.4, 0.5) is 0 Å². The van der Waals surface area contributed by atoms with E-state index >= 15 is 0 Å². The van der Waals surface area contributed by atoms with Crippen molar-refractivity contribution in [1.29, 1.82) is 0 Å². The summed E-state index contributed by atoms with van der Waals surface area (Å²) < 4.78 is 10.5. The summed E-state index contributed by atoms with van der Waals surface area (Å²) in [5, 5.41) is 0. The molecule has 3 aromatic rings. The van der Waals surface area contributed by atoms with E-state index in [-0.39, 0.29) is 0 Å². The Bertz CT molecular complexity index is 941. The molecule has 0 bridgehead atoms. The van der Waals surface area contributed by atoms with Gasteiger partial charge >= 0.3 is 0 Å². The maximum Gasteiger partial charge on any atom is 0.258 e. The van der Waals surface area contributed by atoms with Crippen molar-refractivity contribution in [2.24, 2.45) is 0 Å². The van der Waals surface area contributed by atoms with Crippen molar-refractivity contribution in [3.05, 3.63) is 66.7 Å². The molecule has 0 amide bonds. The summed E-state index contributed by atoms with van der Waals surface area (Å²) in [6.07, 6.45) is 19.0. The number of nitrogens with zero attached hydrogens (tertiary/aromatic N) is 2. The second-order valence-electron chi connectivity index (χ2n) is 9.51. The van der Waals surface area contributed by atoms with Gasteiger partial charge in [-0.3, -0.25) is 0 Å². The molecule has 3 heteroatoms. The van der Waals surface area contributed by atoms with Gasteiger partial charge in [0.25, 0.3) is 5.82 Å². The van der Waals surface area contributed by atoms with Crippen molar-refractivity contribution in [2.45, 2.75) is 97.9 Å². The molecule has 0 N–H and O–H groups in total. The van der Waals surface area contributed by atoms with E-state index in [0.717, 1.165) is 31.7 Å². The number of hydrogen-bond donors (Lipinski definition) is 0. The van der Waals surface area contributed by atoms with Gasteiger partial charge < -0.3 is 4.74 Å². The molecule has 0 radical (unpaired) electrons. The molecule has 0 saturated heterocycles. The summed E-state index contributed by atoms with van der Waals surface area (Å²) in [5.74, 6) is 2.23. The minimum absolute atomic E-state index is 0.818. The van der Waals surface area contributed by atoms with Crippen LogP contribution >= 0.6 is 0 Å². The van der Waals surface area contributed by atoms with Gasteiger partial charge in [-0.25, -0.2) is 9.13 Å². The van der Waals surface area contributed by atoms with Crippen molar-refractivity contribution in [2.75, 3.05) is 6.61 Å². The van der Waals surface area contributed by atoms with Crippen LogP contribution in [-0.4, -0.2) is 11.2 Å². The lowest BCUT2D eigenvalue weighted by Gasteiger charge is -2.08. The number of hydrogen-bond acceptors (Lipinski definition) is 1. The molecule has 34 heavy (non-hydrogen) atoms. The Labute approximate surface area is 207 Å². The molecule has 2 aromatic carbocycles. The van der Waals surface area contributed by atoms with Crippen molar-refractivity contribution < 1.29 is 9.30 Å². The number of benzene rings is 2. The van der Waals surface area contributed by atoms with Gasteiger partial charge in [-0.15, -0.1) is 0 Å². The summed E-state index contributed by atoms with van der Waals surface area (Å²) in [4.78, 5) is 0. The van der Waals surface area contributed by atoms with Crippen LogP contribution in [0.15, 0.2) is 60.9 Å². The largest absolute Gasteiger partial charge is 0.494 e. The fourth-order valence-electron chi connectivity index (χ4n) is 4.59. The average Bonchev–Trinajstić information content (AvgIpc) is 3.23. The van der Waals surface area contributed by atoms with Gasteiger partial charge in [0, 0.05) is 6.92 Å². The normalized spacial score (nSPS) is 11.1. The first-order chi connectivity index (χ1) is 16.7. The first-order valence-electron chi connectivity index (χ1n) is 13.6. The third kappa shape index (κ3) is 8.04. The second kappa shape index (κ2) is 14.7. The zero-order valence-corrected chi connectivity index (χ0v) is 21.8. The van der Waals surface area contributed by atoms with Crippen LogP contribution in [-0.2, 0) is 6.54 Å². The lowest BCUT2D eigenvalue weighted by Crippen LogP contribution is -2.34. The van der Waals surface area contributed by atoms with E-state index in [4.69, 9.17) is 4.74 Å². The van der Waals surface area contributed by atoms with Crippen LogP contribution in [0.1, 0.15) is 90.3 Å². The zero-order chi connectivity index (χ0) is 24.0. The highest BCUT2D eigenvalue weighted by molar-refractivity contribution is 5.65. The standard InChI is InChI=1S/C31H45N2O/c1-4-6-7-8-9-10-11-12-13-14-26-34-31-21-17-29(18-22-31)28-15-19-30(20-16-28)33-25-24-32(23-5-2)27(33)3/h15-22,24-25H,4-14,23,26H2,1-3H3/q+1. The third-order valence-electron chi connectivity index (χ3n) is 6.72. The van der Waals surface area contributed by atoms with Gasteiger partial charge in [0.05, 0.1) is 13.2 Å². The predicted octanol–water partition coefficient (Wildman–Crippen LogP) is 8.45. The topological polar surface area (TPSA) is 18.0 Å². The third-order valence-corrected chi connectivity index (χ3v) is 6.72. The van der Waals surface area contributed by atoms with Crippen LogP contribution in [0, 0.1) is 6.92 Å². The van der Waals surface area contributed by atoms with Gasteiger partial charge in [-0.2, -0.15) is 0 Å². The molecule has 1 aromatic heterocycles. The highest BCUT2D eigenvalue weighted by Crippen LogP contribution is 2.24. The van der Waals surface area contributed by atoms with E-state index in [9.17, 15) is 0 Å². The lowest BCUT2D eigenvalue weighted by atomic mass is 10.1. The minimum Gasteiger partial charge on any atom is -0.494 e. The Morgan fingerprint density at radius 1 is 0.676 bits per heavy atom. The monoisotopic (exact) mass is 461 g/mol. The Morgan fingerprint density at radius 2 is 1.24 bits per heavy atom. The SMILES string of the molecule is CCCCCCCCCCCCOc1ccc(-c2ccc(-n3cc[n+](CCC)c3C)cc2)cc1. The highest BCUT2D eigenvalue weighted by Gasteiger charge is 2.13. The van der Waals surface area contributed by atoms with Crippen molar-refractivity contribution in [3.63, 3.8) is 0 Å². The van der Waals surface area contributed by atoms with Crippen LogP contribution in [0.5, 0.6) is 5.75 Å². The fraction of sp³-hybridized carbons (Fsp3) is 0.516. The van der Waals surface area contributed by atoms with Gasteiger partial charge in [0.1, 0.15) is 23.8 Å². The summed E-state index contributed by atoms with van der Waals surface area (Å²) in [5.41, 5.74) is 3.66. The Balaban J connectivity index is 1.38. The molecular weight excluding hydrogens is 416 g/mol. The number of imidazole rings is 1. The summed E-state index contributed by atoms with van der Waals surface area (Å²) in [6.45, 7) is 8.55. The molecule has 0 spiro atoms. The molecule has 0 fully saturated rings. The Hall–Kier alpha value is -2.55. The Kier molecular flexibility index (Phi) is 11.2. The van der Waals surface area contributed by atoms with Crippen molar-refractivity contribution >= 4 is 0 Å². The van der Waals surface area contributed by atoms with E-state index < -0.39 is 0 Å². The number of rotatable bonds is 16. The molecular formula is C31H45N2O+. The van der Waals surface area contributed by atoms with E-state index in [1.807, 2.05) is 0 Å². The van der Waals surface area contributed by atoms with E-state index in [2.05, 4.69) is 90.8 Å². The molecule has 0 saturated carbocycles. The molecule has 184 valence electrons. The summed E-state index contributed by atoms with van der Waals surface area (Å²) >= 11 is 0. The maximum absolute atomic E-state index is 5.98. The van der Waals surface area contributed by atoms with Crippen molar-refractivity contribution in [3.8, 4) is 22.6 Å². The zero-order valence-electron chi connectivity index (χ0n) is 21.8. The van der Waals surface area contributed by atoms with Crippen molar-refractivity contribution in [1.82, 2.24) is 4.57 Å². The van der Waals surface area contributed by atoms with Crippen LogP contribution < -0.4 is 9.30 Å². The molecule has 3 rings (SSSR count). The predicted molar refractivity (Wildman–Crippen MR) is 144 cm³/mol. The highest BCUT2D eigenvalue weighted by atomic mass is 16.5. The van der Waals surface area contributed by atoms with Gasteiger partial charge in [0.2, 0.25) is 0 Å². The number of ether oxygens (including phenoxy) is 1. The molecule has 3 nitrogen and oxygen atoms in total. The second-order valence-corrected chi connectivity index (χ2v) is 9.51. The van der Waals surface area contributed by atoms with Crippen LogP contribution in [0.2, 0.25) is 0 Å². The summed E-state index contributed by atoms with van der Waals surface area (Å²) in [7, 11) is 0. The minimum atomic E-state index is 0.818. The fourth-order valence-corrected chi connectivity index (χ4v) is 4.59. The summed E-state index contributed by atoms with van der Waals surface area (Å²) in [6, 6.07) is 17.4. The van der Waals surface area contributed by atoms with Gasteiger partial charge in [-0.05, 0) is 48.2 Å². The number of aryl methyl sites for hydroxylation is 1. The molecule has 1 heterocycles. The van der Waals surface area contributed by atoms with Gasteiger partial charge in [0.15, 0.2) is 0 Å². The molecule has 0 aliphatic rings. The first-order valence-corrected chi connectivity index (χ1v) is 13.6. The van der Waals surface area contributed by atoms with E-state index in [1.54, 1.807) is 0 Å². The average molecular weight is 462 g/mol. The van der Waals surface area contributed by atoms with Crippen LogP contribution in [0.25, 0.3) is 16.8 Å². The number of aromatic nitrogens is 2. The Morgan fingerprint density at radius 3 is 1.82 bits per heavy atom. The first kappa shape index (κ1) is 26.1. The lowest BCUT2D eigenvalue weighted by molar-refractivity contribution is -0.702. The molecule has 0 unspecified atom stereocenters. The number of unbranched alkanes of at least 4 members (excludes halogenated alkanes) is 9. The molecule has 0 aliphatic carbocycles. The molecule has 0 atom stereocenters.